The molecule has 0 aliphatic carbocycles. The summed E-state index contributed by atoms with van der Waals surface area (Å²) in [6.07, 6.45) is 2.16. The first-order chi connectivity index (χ1) is 13.8. The van der Waals surface area contributed by atoms with Crippen LogP contribution in [0.2, 0.25) is 5.15 Å². The van der Waals surface area contributed by atoms with Crippen molar-refractivity contribution in [2.45, 2.75) is 52.9 Å². The summed E-state index contributed by atoms with van der Waals surface area (Å²) in [6.45, 7) is 8.55. The third kappa shape index (κ3) is 4.93. The number of carbonyl (C=O) groups is 1. The number of Topliss-reactive ketones (excluding diaryl/α,β-unsaturated/α-hetero) is 1. The van der Waals surface area contributed by atoms with Crippen molar-refractivity contribution in [2.75, 3.05) is 11.9 Å². The number of anilines is 1. The van der Waals surface area contributed by atoms with Crippen LogP contribution in [-0.2, 0) is 24.7 Å². The molecule has 154 valence electrons. The molecular formula is C22H28ClN5O. The highest BCUT2D eigenvalue weighted by molar-refractivity contribution is 6.29. The molecule has 0 aliphatic heterocycles. The summed E-state index contributed by atoms with van der Waals surface area (Å²) in [5.74, 6) is 1.10. The number of rotatable bonds is 8. The smallest absolute Gasteiger partial charge is 0.156 e. The highest BCUT2D eigenvalue weighted by Gasteiger charge is 2.16. The van der Waals surface area contributed by atoms with E-state index in [0.29, 0.717) is 23.3 Å². The summed E-state index contributed by atoms with van der Waals surface area (Å²) in [7, 11) is 1.94. The molecule has 3 aromatic rings. The molecule has 0 aliphatic rings. The lowest BCUT2D eigenvalue weighted by molar-refractivity contribution is -0.116. The predicted molar refractivity (Wildman–Crippen MR) is 118 cm³/mol. The van der Waals surface area contributed by atoms with E-state index in [1.807, 2.05) is 30.8 Å². The van der Waals surface area contributed by atoms with E-state index in [-0.39, 0.29) is 12.3 Å². The van der Waals surface area contributed by atoms with Gasteiger partial charge in [0.25, 0.3) is 0 Å². The fourth-order valence-electron chi connectivity index (χ4n) is 3.58. The lowest BCUT2D eigenvalue weighted by atomic mass is 10.0. The number of carbonyl (C=O) groups excluding carboxylic acids is 1. The number of aryl methyl sites for hydroxylation is 3. The van der Waals surface area contributed by atoms with E-state index < -0.39 is 0 Å². The Morgan fingerprint density at radius 1 is 1.24 bits per heavy atom. The molecule has 3 aromatic heterocycles. The van der Waals surface area contributed by atoms with Crippen molar-refractivity contribution in [2.24, 2.45) is 7.05 Å². The lowest BCUT2D eigenvalue weighted by Crippen LogP contribution is -2.17. The van der Waals surface area contributed by atoms with Crippen molar-refractivity contribution in [3.8, 4) is 0 Å². The van der Waals surface area contributed by atoms with Crippen LogP contribution in [0.1, 0.15) is 55.6 Å². The molecule has 6 nitrogen and oxygen atoms in total. The fraction of sp³-hybridized carbons (Fsp3) is 0.455. The van der Waals surface area contributed by atoms with Gasteiger partial charge in [0, 0.05) is 19.2 Å². The number of halogens is 1. The number of hydrogen-bond acceptors (Lipinski definition) is 5. The fourth-order valence-corrected chi connectivity index (χ4v) is 3.83. The topological polar surface area (TPSA) is 72.7 Å². The summed E-state index contributed by atoms with van der Waals surface area (Å²) < 4.78 is 1.88. The van der Waals surface area contributed by atoms with Crippen molar-refractivity contribution in [1.29, 1.82) is 0 Å². The van der Waals surface area contributed by atoms with E-state index in [9.17, 15) is 4.79 Å². The second-order valence-electron chi connectivity index (χ2n) is 7.77. The molecule has 3 rings (SSSR count). The van der Waals surface area contributed by atoms with Crippen molar-refractivity contribution in [1.82, 2.24) is 19.7 Å². The van der Waals surface area contributed by atoms with E-state index in [0.717, 1.165) is 46.4 Å². The minimum Gasteiger partial charge on any atom is -0.363 e. The number of nitrogens with one attached hydrogen (secondary N) is 1. The maximum Gasteiger partial charge on any atom is 0.156 e. The van der Waals surface area contributed by atoms with Gasteiger partial charge < -0.3 is 5.32 Å². The van der Waals surface area contributed by atoms with Crippen LogP contribution in [0.5, 0.6) is 0 Å². The summed E-state index contributed by atoms with van der Waals surface area (Å²) >= 11 is 6.11. The minimum atomic E-state index is 0.0746. The van der Waals surface area contributed by atoms with E-state index >= 15 is 0 Å². The highest BCUT2D eigenvalue weighted by atomic mass is 35.5. The number of hydrogen-bond donors (Lipinski definition) is 1. The zero-order chi connectivity index (χ0) is 21.1. The average Bonchev–Trinajstić information content (AvgIpc) is 2.93. The Morgan fingerprint density at radius 2 is 2.00 bits per heavy atom. The quantitative estimate of drug-likeness (QED) is 0.545. The molecule has 0 aromatic carbocycles. The number of pyridine rings is 2. The largest absolute Gasteiger partial charge is 0.363 e. The normalized spacial score (nSPS) is 11.4. The molecule has 7 heteroatoms. The molecule has 1 N–H and O–H groups in total. The van der Waals surface area contributed by atoms with Gasteiger partial charge in [0.05, 0.1) is 17.8 Å². The Morgan fingerprint density at radius 3 is 2.69 bits per heavy atom. The highest BCUT2D eigenvalue weighted by Crippen LogP contribution is 2.28. The predicted octanol–water partition coefficient (Wildman–Crippen LogP) is 4.62. The monoisotopic (exact) mass is 413 g/mol. The first-order valence-electron chi connectivity index (χ1n) is 10.0. The SMILES string of the molecule is CCCc1cc(CC(=O)CNc2cc(C(C)C)c3c(n2)c(C)nn3C)cc(Cl)n1. The molecule has 0 saturated heterocycles. The van der Waals surface area contributed by atoms with Gasteiger partial charge >= 0.3 is 0 Å². The Bertz CT molecular complexity index is 1040. The van der Waals surface area contributed by atoms with E-state index in [1.54, 1.807) is 6.07 Å². The zero-order valence-corrected chi connectivity index (χ0v) is 18.5. The lowest BCUT2D eigenvalue weighted by Gasteiger charge is -2.12. The Labute approximate surface area is 176 Å². The summed E-state index contributed by atoms with van der Waals surface area (Å²) in [5, 5.41) is 8.13. The van der Waals surface area contributed by atoms with Crippen LogP contribution in [-0.4, -0.2) is 32.1 Å². The van der Waals surface area contributed by atoms with Gasteiger partial charge in [-0.1, -0.05) is 38.8 Å². The van der Waals surface area contributed by atoms with Gasteiger partial charge in [-0.2, -0.15) is 5.10 Å². The van der Waals surface area contributed by atoms with E-state index in [2.05, 4.69) is 36.2 Å². The molecule has 0 atom stereocenters. The molecule has 29 heavy (non-hydrogen) atoms. The van der Waals surface area contributed by atoms with Crippen molar-refractivity contribution >= 4 is 34.2 Å². The maximum absolute atomic E-state index is 12.5. The molecule has 0 fully saturated rings. The summed E-state index contributed by atoms with van der Waals surface area (Å²) in [5.41, 5.74) is 5.79. The van der Waals surface area contributed by atoms with Gasteiger partial charge in [0.15, 0.2) is 5.78 Å². The number of aromatic nitrogens is 4. The second kappa shape index (κ2) is 8.91. The van der Waals surface area contributed by atoms with Crippen LogP contribution in [0, 0.1) is 6.92 Å². The molecular weight excluding hydrogens is 386 g/mol. The van der Waals surface area contributed by atoms with E-state index in [4.69, 9.17) is 16.6 Å². The molecule has 0 spiro atoms. The summed E-state index contributed by atoms with van der Waals surface area (Å²) in [4.78, 5) is 21.6. The van der Waals surface area contributed by atoms with Gasteiger partial charge in [0.2, 0.25) is 0 Å². The molecule has 0 amide bonds. The van der Waals surface area contributed by atoms with Crippen LogP contribution in [0.4, 0.5) is 5.82 Å². The van der Waals surface area contributed by atoms with Gasteiger partial charge in [-0.05, 0) is 48.6 Å². The second-order valence-corrected chi connectivity index (χ2v) is 8.15. The van der Waals surface area contributed by atoms with Crippen molar-refractivity contribution in [3.63, 3.8) is 0 Å². The standard InChI is InChI=1S/C22H28ClN5O/c1-6-7-16-8-15(10-19(23)25-16)9-17(29)12-24-20-11-18(13(2)3)22-21(26-20)14(4)27-28(22)5/h8,10-11,13H,6-7,9,12H2,1-5H3,(H,24,26). The number of fused-ring (bicyclic) bond motifs is 1. The van der Waals surface area contributed by atoms with Crippen LogP contribution in [0.3, 0.4) is 0 Å². The Kier molecular flexibility index (Phi) is 6.52. The van der Waals surface area contributed by atoms with Crippen LogP contribution >= 0.6 is 11.6 Å². The Hall–Kier alpha value is -2.47. The first kappa shape index (κ1) is 21.2. The maximum atomic E-state index is 12.5. The number of ketones is 1. The van der Waals surface area contributed by atoms with Gasteiger partial charge in [-0.25, -0.2) is 9.97 Å². The molecule has 0 radical (unpaired) electrons. The van der Waals surface area contributed by atoms with E-state index in [1.165, 1.54) is 0 Å². The van der Waals surface area contributed by atoms with Gasteiger partial charge in [-0.15, -0.1) is 0 Å². The third-order valence-corrected chi connectivity index (χ3v) is 5.09. The number of nitrogens with zero attached hydrogens (tertiary/aromatic N) is 4. The first-order valence-corrected chi connectivity index (χ1v) is 10.4. The zero-order valence-electron chi connectivity index (χ0n) is 17.7. The Balaban J connectivity index is 1.75. The van der Waals surface area contributed by atoms with Crippen molar-refractivity contribution < 1.29 is 4.79 Å². The van der Waals surface area contributed by atoms with Gasteiger partial charge in [0.1, 0.15) is 16.5 Å². The molecule has 0 bridgehead atoms. The summed E-state index contributed by atoms with van der Waals surface area (Å²) in [6, 6.07) is 5.75. The van der Waals surface area contributed by atoms with Gasteiger partial charge in [-0.3, -0.25) is 9.48 Å². The van der Waals surface area contributed by atoms with Crippen LogP contribution < -0.4 is 5.32 Å². The minimum absolute atomic E-state index is 0.0746. The third-order valence-electron chi connectivity index (χ3n) is 4.89. The molecule has 0 saturated carbocycles. The van der Waals surface area contributed by atoms with Crippen LogP contribution in [0.25, 0.3) is 11.0 Å². The molecule has 3 heterocycles. The average molecular weight is 414 g/mol. The van der Waals surface area contributed by atoms with Crippen LogP contribution in [0.15, 0.2) is 18.2 Å². The molecule has 0 unspecified atom stereocenters. The van der Waals surface area contributed by atoms with Crippen molar-refractivity contribution in [3.05, 3.63) is 45.9 Å².